The lowest BCUT2D eigenvalue weighted by Gasteiger charge is -1.96. The van der Waals surface area contributed by atoms with E-state index in [1.165, 1.54) is 4.68 Å². The molecule has 82 valence electrons. The highest BCUT2D eigenvalue weighted by Gasteiger charge is 2.17. The molecule has 1 heterocycles. The van der Waals surface area contributed by atoms with Crippen LogP contribution in [0.1, 0.15) is 16.2 Å². The summed E-state index contributed by atoms with van der Waals surface area (Å²) in [5.74, 6) is 0.393. The van der Waals surface area contributed by atoms with Crippen molar-refractivity contribution in [3.8, 4) is 0 Å². The Hall–Kier alpha value is -2.17. The van der Waals surface area contributed by atoms with E-state index in [4.69, 9.17) is 10.2 Å². The van der Waals surface area contributed by atoms with Crippen molar-refractivity contribution in [1.29, 1.82) is 0 Å². The van der Waals surface area contributed by atoms with Crippen molar-refractivity contribution < 1.29 is 13.9 Å². The summed E-state index contributed by atoms with van der Waals surface area (Å²) in [7, 11) is 0. The highest BCUT2D eigenvalue weighted by Crippen LogP contribution is 2.01. The van der Waals surface area contributed by atoms with Gasteiger partial charge in [-0.05, 0) is 5.10 Å². The Morgan fingerprint density at radius 2 is 2.12 bits per heavy atom. The first kappa shape index (κ1) is 10.4. The second-order valence-corrected chi connectivity index (χ2v) is 3.41. The Morgan fingerprint density at radius 3 is 2.69 bits per heavy atom. The smallest absolute Gasteiger partial charge is 0.372 e. The van der Waals surface area contributed by atoms with Gasteiger partial charge in [-0.15, -0.1) is 0 Å². The molecule has 5 nitrogen and oxygen atoms in total. The lowest BCUT2D eigenvalue weighted by Crippen LogP contribution is -2.42. The third-order valence-electron chi connectivity index (χ3n) is 2.16. The maximum absolute atomic E-state index is 11.8. The molecule has 1 aromatic carbocycles. The van der Waals surface area contributed by atoms with Crippen LogP contribution in [0.5, 0.6) is 0 Å². The summed E-state index contributed by atoms with van der Waals surface area (Å²) < 4.78 is 6.38. The second-order valence-electron chi connectivity index (χ2n) is 3.41. The molecule has 0 aliphatic heterocycles. The molecule has 0 saturated heterocycles. The zero-order valence-electron chi connectivity index (χ0n) is 8.88. The lowest BCUT2D eigenvalue weighted by molar-refractivity contribution is -0.727. The van der Waals surface area contributed by atoms with Crippen LogP contribution in [0.25, 0.3) is 0 Å². The van der Waals surface area contributed by atoms with Crippen molar-refractivity contribution in [2.24, 2.45) is 0 Å². The van der Waals surface area contributed by atoms with Crippen molar-refractivity contribution in [3.63, 3.8) is 0 Å². The molecular formula is C11H12N3O2+. The standard InChI is InChI=1S/C11H11N3O2/c1-8-13-14(11(12)16-8)7-10(15)9-5-3-2-4-6-9/h2-6,12H,7H2,1H3/p+1. The molecule has 0 aliphatic carbocycles. The van der Waals surface area contributed by atoms with Crippen LogP contribution < -0.4 is 10.4 Å². The van der Waals surface area contributed by atoms with Crippen LogP contribution in [0.4, 0.5) is 6.01 Å². The van der Waals surface area contributed by atoms with Gasteiger partial charge in [-0.3, -0.25) is 10.5 Å². The molecule has 5 heteroatoms. The van der Waals surface area contributed by atoms with Crippen molar-refractivity contribution >= 4 is 11.8 Å². The topological polar surface area (TPSA) is 73.0 Å². The summed E-state index contributed by atoms with van der Waals surface area (Å²) in [5, 5.41) is 3.98. The summed E-state index contributed by atoms with van der Waals surface area (Å²) in [6.45, 7) is 1.77. The highest BCUT2D eigenvalue weighted by molar-refractivity contribution is 5.94. The number of anilines is 1. The normalized spacial score (nSPS) is 10.3. The number of nitrogens with two attached hydrogens (primary N) is 1. The van der Waals surface area contributed by atoms with E-state index < -0.39 is 0 Å². The highest BCUT2D eigenvalue weighted by atomic mass is 16.4. The summed E-state index contributed by atoms with van der Waals surface area (Å²) in [6.07, 6.45) is 0. The first-order valence-corrected chi connectivity index (χ1v) is 4.88. The summed E-state index contributed by atoms with van der Waals surface area (Å²) >= 11 is 0. The Balaban J connectivity index is 2.17. The maximum atomic E-state index is 11.8. The second kappa shape index (κ2) is 4.14. The predicted molar refractivity (Wildman–Crippen MR) is 56.6 cm³/mol. The van der Waals surface area contributed by atoms with Gasteiger partial charge in [0.2, 0.25) is 11.7 Å². The fraction of sp³-hybridized carbons (Fsp3) is 0.182. The van der Waals surface area contributed by atoms with E-state index in [0.29, 0.717) is 11.5 Å². The molecule has 2 aromatic rings. The molecule has 0 unspecified atom stereocenters. The van der Waals surface area contributed by atoms with Gasteiger partial charge >= 0.3 is 6.01 Å². The number of carbonyl (C=O) groups is 1. The molecule has 0 amide bonds. The minimum atomic E-state index is -0.0504. The number of nitrogens with zero attached hydrogens (tertiary/aromatic N) is 2. The first-order valence-electron chi connectivity index (χ1n) is 4.88. The summed E-state index contributed by atoms with van der Waals surface area (Å²) in [6, 6.07) is 9.14. The fourth-order valence-corrected chi connectivity index (χ4v) is 1.41. The third kappa shape index (κ3) is 2.08. The molecule has 0 spiro atoms. The summed E-state index contributed by atoms with van der Waals surface area (Å²) in [4.78, 5) is 11.8. The fourth-order valence-electron chi connectivity index (χ4n) is 1.41. The largest absolute Gasteiger partial charge is 0.475 e. The first-order chi connectivity index (χ1) is 7.66. The van der Waals surface area contributed by atoms with Gasteiger partial charge in [0.15, 0.2) is 6.54 Å². The van der Waals surface area contributed by atoms with Gasteiger partial charge in [0.05, 0.1) is 0 Å². The maximum Gasteiger partial charge on any atom is 0.475 e. The number of Topliss-reactive ketones (excluding diaryl/α,β-unsaturated/α-hetero) is 1. The Morgan fingerprint density at radius 1 is 1.44 bits per heavy atom. The van der Waals surface area contributed by atoms with Gasteiger partial charge in [0.1, 0.15) is 0 Å². The van der Waals surface area contributed by atoms with E-state index in [2.05, 4.69) is 5.10 Å². The van der Waals surface area contributed by atoms with Gasteiger partial charge in [0.25, 0.3) is 0 Å². The average Bonchev–Trinajstić information content (AvgIpc) is 2.59. The number of ketones is 1. The molecule has 16 heavy (non-hydrogen) atoms. The SMILES string of the molecule is Cc1n[n+](CC(=O)c2ccccc2)c(N)o1. The molecule has 0 radical (unpaired) electrons. The molecular weight excluding hydrogens is 206 g/mol. The molecule has 2 N–H and O–H groups in total. The molecule has 0 aliphatic rings. The molecule has 0 fully saturated rings. The number of carbonyl (C=O) groups excluding carboxylic acids is 1. The number of hydrogen-bond donors (Lipinski definition) is 1. The van der Waals surface area contributed by atoms with Crippen molar-refractivity contribution in [2.75, 3.05) is 5.73 Å². The van der Waals surface area contributed by atoms with E-state index in [-0.39, 0.29) is 18.3 Å². The van der Waals surface area contributed by atoms with E-state index in [1.807, 2.05) is 18.2 Å². The monoisotopic (exact) mass is 218 g/mol. The number of rotatable bonds is 3. The zero-order chi connectivity index (χ0) is 11.5. The Bertz CT molecular complexity index is 505. The Labute approximate surface area is 92.5 Å². The molecule has 0 saturated carbocycles. The van der Waals surface area contributed by atoms with Crippen LogP contribution in [0.15, 0.2) is 34.7 Å². The number of benzene rings is 1. The van der Waals surface area contributed by atoms with Gasteiger partial charge < -0.3 is 4.42 Å². The van der Waals surface area contributed by atoms with Crippen LogP contribution >= 0.6 is 0 Å². The van der Waals surface area contributed by atoms with Gasteiger partial charge in [-0.25, -0.2) is 0 Å². The molecule has 1 aromatic heterocycles. The quantitative estimate of drug-likeness (QED) is 0.609. The lowest BCUT2D eigenvalue weighted by atomic mass is 10.1. The van der Waals surface area contributed by atoms with Crippen LogP contribution in [-0.4, -0.2) is 10.9 Å². The minimum absolute atomic E-state index is 0.0504. The van der Waals surface area contributed by atoms with Crippen molar-refractivity contribution in [1.82, 2.24) is 5.10 Å². The number of aromatic nitrogens is 2. The van der Waals surface area contributed by atoms with Crippen LogP contribution in [-0.2, 0) is 6.54 Å². The number of nitrogen functional groups attached to an aromatic ring is 1. The van der Waals surface area contributed by atoms with Crippen LogP contribution in [0.2, 0.25) is 0 Å². The van der Waals surface area contributed by atoms with Crippen LogP contribution in [0.3, 0.4) is 0 Å². The van der Waals surface area contributed by atoms with E-state index in [9.17, 15) is 4.79 Å². The molecule has 0 bridgehead atoms. The van der Waals surface area contributed by atoms with Crippen molar-refractivity contribution in [2.45, 2.75) is 13.5 Å². The van der Waals surface area contributed by atoms with E-state index >= 15 is 0 Å². The van der Waals surface area contributed by atoms with Gasteiger partial charge in [-0.1, -0.05) is 35.0 Å². The van der Waals surface area contributed by atoms with Crippen molar-refractivity contribution in [3.05, 3.63) is 41.8 Å². The third-order valence-corrected chi connectivity index (χ3v) is 2.16. The van der Waals surface area contributed by atoms with E-state index in [0.717, 1.165) is 0 Å². The van der Waals surface area contributed by atoms with Gasteiger partial charge in [0, 0.05) is 12.5 Å². The van der Waals surface area contributed by atoms with Gasteiger partial charge in [-0.2, -0.15) is 0 Å². The number of aryl methyl sites for hydroxylation is 1. The van der Waals surface area contributed by atoms with E-state index in [1.54, 1.807) is 19.1 Å². The van der Waals surface area contributed by atoms with Crippen LogP contribution in [0, 0.1) is 6.92 Å². The zero-order valence-corrected chi connectivity index (χ0v) is 8.88. The number of hydrogen-bond acceptors (Lipinski definition) is 4. The predicted octanol–water partition coefficient (Wildman–Crippen LogP) is 0.736. The average molecular weight is 218 g/mol. The minimum Gasteiger partial charge on any atom is -0.372 e. The molecule has 0 atom stereocenters. The molecule has 2 rings (SSSR count). The Kier molecular flexibility index (Phi) is 2.68. The summed E-state index contributed by atoms with van der Waals surface area (Å²) in [5.41, 5.74) is 6.18.